The average molecular weight is 265 g/mol. The Morgan fingerprint density at radius 2 is 1.88 bits per heavy atom. The summed E-state index contributed by atoms with van der Waals surface area (Å²) in [6, 6.07) is 0. The molecule has 104 valence electrons. The van der Waals surface area contributed by atoms with Gasteiger partial charge in [-0.05, 0) is 25.7 Å². The molecule has 0 aliphatic rings. The second-order valence-electron chi connectivity index (χ2n) is 5.50. The minimum atomic E-state index is -2.92. The quantitative estimate of drug-likeness (QED) is 0.641. The molecule has 0 radical (unpaired) electrons. The van der Waals surface area contributed by atoms with Crippen molar-refractivity contribution in [2.24, 2.45) is 5.41 Å². The Morgan fingerprint density at radius 3 is 2.35 bits per heavy atom. The van der Waals surface area contributed by atoms with Crippen LogP contribution in [0.5, 0.6) is 0 Å². The number of rotatable bonds is 9. The van der Waals surface area contributed by atoms with Crippen molar-refractivity contribution < 1.29 is 13.2 Å². The lowest BCUT2D eigenvalue weighted by Crippen LogP contribution is -2.34. The molecule has 0 saturated carbocycles. The van der Waals surface area contributed by atoms with E-state index in [9.17, 15) is 8.42 Å². The molecule has 0 unspecified atom stereocenters. The van der Waals surface area contributed by atoms with Crippen LogP contribution in [0, 0.1) is 5.41 Å². The van der Waals surface area contributed by atoms with Crippen LogP contribution in [0.4, 0.5) is 0 Å². The summed E-state index contributed by atoms with van der Waals surface area (Å²) in [5.41, 5.74) is 0.137. The molecule has 0 saturated heterocycles. The third-order valence-electron chi connectivity index (χ3n) is 2.87. The molecular weight excluding hydrogens is 238 g/mol. The third-order valence-corrected chi connectivity index (χ3v) is 5.08. The van der Waals surface area contributed by atoms with E-state index in [2.05, 4.69) is 19.2 Å². The van der Waals surface area contributed by atoms with E-state index in [0.29, 0.717) is 6.54 Å². The summed E-state index contributed by atoms with van der Waals surface area (Å²) in [7, 11) is -1.23. The molecule has 0 bridgehead atoms. The van der Waals surface area contributed by atoms with Gasteiger partial charge >= 0.3 is 0 Å². The van der Waals surface area contributed by atoms with Crippen LogP contribution >= 0.6 is 0 Å². The number of hydrogen-bond acceptors (Lipinski definition) is 4. The summed E-state index contributed by atoms with van der Waals surface area (Å²) in [4.78, 5) is 0. The lowest BCUT2D eigenvalue weighted by atomic mass is 9.90. The van der Waals surface area contributed by atoms with Crippen molar-refractivity contribution in [3.05, 3.63) is 0 Å². The second kappa shape index (κ2) is 7.34. The fraction of sp³-hybridized carbons (Fsp3) is 1.00. The van der Waals surface area contributed by atoms with Crippen LogP contribution in [0.3, 0.4) is 0 Å². The summed E-state index contributed by atoms with van der Waals surface area (Å²) in [5, 5.41) is 2.92. The van der Waals surface area contributed by atoms with Gasteiger partial charge in [0, 0.05) is 26.8 Å². The van der Waals surface area contributed by atoms with Gasteiger partial charge in [0.1, 0.15) is 0 Å². The van der Waals surface area contributed by atoms with E-state index in [4.69, 9.17) is 4.74 Å². The lowest BCUT2D eigenvalue weighted by molar-refractivity contribution is 0.151. The van der Waals surface area contributed by atoms with Gasteiger partial charge in [0.25, 0.3) is 0 Å². The molecular formula is C12H27NO3S. The monoisotopic (exact) mass is 265 g/mol. The molecule has 0 aromatic heterocycles. The van der Waals surface area contributed by atoms with E-state index in [1.54, 1.807) is 21.0 Å². The van der Waals surface area contributed by atoms with Gasteiger partial charge in [-0.1, -0.05) is 13.8 Å². The van der Waals surface area contributed by atoms with Gasteiger partial charge in [-0.15, -0.1) is 0 Å². The van der Waals surface area contributed by atoms with Crippen LogP contribution in [0.2, 0.25) is 0 Å². The van der Waals surface area contributed by atoms with E-state index in [1.165, 1.54) is 0 Å². The molecule has 0 spiro atoms. The largest absolute Gasteiger partial charge is 0.385 e. The van der Waals surface area contributed by atoms with Gasteiger partial charge in [-0.3, -0.25) is 0 Å². The first-order chi connectivity index (χ1) is 7.71. The Bertz CT molecular complexity index is 297. The van der Waals surface area contributed by atoms with Crippen molar-refractivity contribution in [1.82, 2.24) is 5.32 Å². The molecule has 0 amide bonds. The zero-order valence-electron chi connectivity index (χ0n) is 11.7. The minimum Gasteiger partial charge on any atom is -0.385 e. The van der Waals surface area contributed by atoms with Crippen LogP contribution in [0.25, 0.3) is 0 Å². The highest BCUT2D eigenvalue weighted by molar-refractivity contribution is 7.92. The molecule has 0 fully saturated rings. The molecule has 4 nitrogen and oxygen atoms in total. The van der Waals surface area contributed by atoms with Crippen LogP contribution in [0.15, 0.2) is 0 Å². The lowest BCUT2D eigenvalue weighted by Gasteiger charge is -2.24. The van der Waals surface area contributed by atoms with Crippen LogP contribution in [-0.4, -0.2) is 46.2 Å². The second-order valence-corrected chi connectivity index (χ2v) is 8.18. The van der Waals surface area contributed by atoms with Gasteiger partial charge in [-0.2, -0.15) is 0 Å². The number of sulfone groups is 1. The van der Waals surface area contributed by atoms with Crippen molar-refractivity contribution >= 4 is 9.84 Å². The average Bonchev–Trinajstić information content (AvgIpc) is 2.21. The normalized spacial score (nSPS) is 13.3. The highest BCUT2D eigenvalue weighted by atomic mass is 32.2. The number of methoxy groups -OCH3 is 1. The van der Waals surface area contributed by atoms with Crippen molar-refractivity contribution in [3.63, 3.8) is 0 Å². The first kappa shape index (κ1) is 16.9. The van der Waals surface area contributed by atoms with Gasteiger partial charge in [0.05, 0.1) is 11.0 Å². The Hall–Kier alpha value is -0.130. The Kier molecular flexibility index (Phi) is 7.28. The summed E-state index contributed by atoms with van der Waals surface area (Å²) in [5.74, 6) is 0.213. The van der Waals surface area contributed by atoms with E-state index < -0.39 is 9.84 Å². The van der Waals surface area contributed by atoms with Crippen LogP contribution in [-0.2, 0) is 14.6 Å². The molecule has 0 aliphatic carbocycles. The number of ether oxygens (including phenoxy) is 1. The van der Waals surface area contributed by atoms with Crippen molar-refractivity contribution in [1.29, 1.82) is 0 Å². The highest BCUT2D eigenvalue weighted by Crippen LogP contribution is 2.18. The van der Waals surface area contributed by atoms with Crippen LogP contribution < -0.4 is 5.32 Å². The van der Waals surface area contributed by atoms with Gasteiger partial charge in [-0.25, -0.2) is 8.42 Å². The van der Waals surface area contributed by atoms with Crippen molar-refractivity contribution in [2.45, 2.75) is 39.4 Å². The predicted octanol–water partition coefficient (Wildman–Crippen LogP) is 1.46. The zero-order chi connectivity index (χ0) is 13.5. The Labute approximate surface area is 106 Å². The summed E-state index contributed by atoms with van der Waals surface area (Å²) >= 11 is 0. The standard InChI is InChI=1S/C12H27NO3S/c1-11(2)17(14,15)9-7-13-10-12(3,4)6-8-16-5/h11,13H,6-10H2,1-5H3. The molecule has 0 rings (SSSR count). The summed E-state index contributed by atoms with van der Waals surface area (Å²) < 4.78 is 28.2. The van der Waals surface area contributed by atoms with E-state index in [-0.39, 0.29) is 16.4 Å². The maximum Gasteiger partial charge on any atom is 0.153 e. The maximum atomic E-state index is 11.6. The fourth-order valence-electron chi connectivity index (χ4n) is 1.34. The Morgan fingerprint density at radius 1 is 1.29 bits per heavy atom. The molecule has 1 N–H and O–H groups in total. The van der Waals surface area contributed by atoms with E-state index in [1.807, 2.05) is 0 Å². The number of nitrogens with one attached hydrogen (secondary N) is 1. The maximum absolute atomic E-state index is 11.6. The zero-order valence-corrected chi connectivity index (χ0v) is 12.6. The molecule has 0 aliphatic heterocycles. The van der Waals surface area contributed by atoms with Crippen LogP contribution in [0.1, 0.15) is 34.1 Å². The van der Waals surface area contributed by atoms with Gasteiger partial charge in [0.15, 0.2) is 9.84 Å². The smallest absolute Gasteiger partial charge is 0.153 e. The first-order valence-electron chi connectivity index (χ1n) is 6.12. The summed E-state index contributed by atoms with van der Waals surface area (Å²) in [6.07, 6.45) is 0.966. The molecule has 0 atom stereocenters. The number of hydrogen-bond donors (Lipinski definition) is 1. The molecule has 0 heterocycles. The van der Waals surface area contributed by atoms with Crippen molar-refractivity contribution in [2.75, 3.05) is 32.6 Å². The molecule has 5 heteroatoms. The van der Waals surface area contributed by atoms with E-state index >= 15 is 0 Å². The minimum absolute atomic E-state index is 0.137. The molecule has 0 aromatic rings. The van der Waals surface area contributed by atoms with Gasteiger partial charge < -0.3 is 10.1 Å². The van der Waals surface area contributed by atoms with E-state index in [0.717, 1.165) is 19.6 Å². The Balaban J connectivity index is 3.85. The fourth-order valence-corrected chi connectivity index (χ4v) is 2.24. The highest BCUT2D eigenvalue weighted by Gasteiger charge is 2.18. The predicted molar refractivity (Wildman–Crippen MR) is 72.1 cm³/mol. The summed E-state index contributed by atoms with van der Waals surface area (Å²) in [6.45, 7) is 9.81. The molecule has 0 aromatic carbocycles. The SMILES string of the molecule is COCCC(C)(C)CNCCS(=O)(=O)C(C)C. The molecule has 17 heavy (non-hydrogen) atoms. The third kappa shape index (κ3) is 7.73. The topological polar surface area (TPSA) is 55.4 Å². The van der Waals surface area contributed by atoms with Gasteiger partial charge in [0.2, 0.25) is 0 Å². The first-order valence-corrected chi connectivity index (χ1v) is 7.84. The van der Waals surface area contributed by atoms with Crippen molar-refractivity contribution in [3.8, 4) is 0 Å².